The Morgan fingerprint density at radius 3 is 2.83 bits per heavy atom. The first-order valence-electron chi connectivity index (χ1n) is 7.27. The highest BCUT2D eigenvalue weighted by atomic mass is 16.5. The van der Waals surface area contributed by atoms with Gasteiger partial charge < -0.3 is 15.4 Å². The molecule has 3 rings (SSSR count). The molecule has 4 heteroatoms. The van der Waals surface area contributed by atoms with Crippen molar-refractivity contribution in [1.29, 1.82) is 0 Å². The molecule has 1 aliphatic carbocycles. The van der Waals surface area contributed by atoms with Gasteiger partial charge in [-0.2, -0.15) is 0 Å². The first-order valence-corrected chi connectivity index (χ1v) is 7.27. The molecule has 0 spiro atoms. The molecule has 3 fully saturated rings. The number of nitrogens with two attached hydrogens (primary N) is 1. The van der Waals surface area contributed by atoms with Crippen LogP contribution in [0.5, 0.6) is 0 Å². The molecule has 2 N–H and O–H groups in total. The number of amides is 1. The Labute approximate surface area is 109 Å². The lowest BCUT2D eigenvalue weighted by Gasteiger charge is -2.37. The summed E-state index contributed by atoms with van der Waals surface area (Å²) >= 11 is 0. The molecule has 0 aromatic rings. The zero-order chi connectivity index (χ0) is 12.8. The molecular formula is C14H24N2O2. The van der Waals surface area contributed by atoms with Gasteiger partial charge in [0.1, 0.15) is 0 Å². The third kappa shape index (κ3) is 1.77. The van der Waals surface area contributed by atoms with Crippen LogP contribution in [0.15, 0.2) is 0 Å². The number of carbonyl (C=O) groups excluding carboxylic acids is 1. The summed E-state index contributed by atoms with van der Waals surface area (Å²) in [6.45, 7) is 3.91. The van der Waals surface area contributed by atoms with E-state index in [4.69, 9.17) is 10.5 Å². The molecule has 18 heavy (non-hydrogen) atoms. The Bertz CT molecular complexity index is 347. The van der Waals surface area contributed by atoms with Crippen LogP contribution in [0.3, 0.4) is 0 Å². The molecule has 4 atom stereocenters. The highest BCUT2D eigenvalue weighted by molar-refractivity contribution is 5.84. The van der Waals surface area contributed by atoms with Gasteiger partial charge in [-0.1, -0.05) is 12.8 Å². The monoisotopic (exact) mass is 252 g/mol. The van der Waals surface area contributed by atoms with Crippen LogP contribution in [0.4, 0.5) is 0 Å². The Balaban J connectivity index is 1.76. The van der Waals surface area contributed by atoms with Crippen LogP contribution in [0.2, 0.25) is 0 Å². The second kappa shape index (κ2) is 4.49. The van der Waals surface area contributed by atoms with Crippen molar-refractivity contribution >= 4 is 5.91 Å². The summed E-state index contributed by atoms with van der Waals surface area (Å²) < 4.78 is 5.42. The Morgan fingerprint density at radius 2 is 2.11 bits per heavy atom. The fourth-order valence-electron chi connectivity index (χ4n) is 3.90. The summed E-state index contributed by atoms with van der Waals surface area (Å²) in [6.07, 6.45) is 6.27. The quantitative estimate of drug-likeness (QED) is 0.761. The average molecular weight is 252 g/mol. The highest BCUT2D eigenvalue weighted by Crippen LogP contribution is 2.39. The fourth-order valence-corrected chi connectivity index (χ4v) is 3.90. The molecule has 0 aromatic carbocycles. The van der Waals surface area contributed by atoms with E-state index < -0.39 is 5.41 Å². The lowest BCUT2D eigenvalue weighted by molar-refractivity contribution is -0.143. The Morgan fingerprint density at radius 1 is 1.33 bits per heavy atom. The summed E-state index contributed by atoms with van der Waals surface area (Å²) in [5.41, 5.74) is 5.58. The second-order valence-electron chi connectivity index (χ2n) is 6.44. The van der Waals surface area contributed by atoms with Crippen molar-refractivity contribution in [2.75, 3.05) is 19.8 Å². The van der Waals surface area contributed by atoms with Gasteiger partial charge in [0, 0.05) is 18.6 Å². The van der Waals surface area contributed by atoms with Crippen molar-refractivity contribution in [3.63, 3.8) is 0 Å². The van der Waals surface area contributed by atoms with Gasteiger partial charge in [0.25, 0.3) is 0 Å². The summed E-state index contributed by atoms with van der Waals surface area (Å²) in [5.74, 6) is 0.978. The van der Waals surface area contributed by atoms with Crippen molar-refractivity contribution in [3.05, 3.63) is 0 Å². The maximum absolute atomic E-state index is 12.8. The molecule has 2 saturated heterocycles. The minimum absolute atomic E-state index is 0.146. The SMILES string of the molecule is CC1(C(=O)N2CCC3CCCCC32)COCC1N. The smallest absolute Gasteiger partial charge is 0.232 e. The van der Waals surface area contributed by atoms with E-state index in [0.29, 0.717) is 19.3 Å². The summed E-state index contributed by atoms with van der Waals surface area (Å²) in [6, 6.07) is 0.337. The summed E-state index contributed by atoms with van der Waals surface area (Å²) in [7, 11) is 0. The van der Waals surface area contributed by atoms with E-state index in [2.05, 4.69) is 4.90 Å². The average Bonchev–Trinajstić information content (AvgIpc) is 2.94. The number of nitrogens with zero attached hydrogens (tertiary/aromatic N) is 1. The normalized spacial score (nSPS) is 44.1. The van der Waals surface area contributed by atoms with Crippen molar-refractivity contribution < 1.29 is 9.53 Å². The molecule has 0 radical (unpaired) electrons. The molecule has 0 bridgehead atoms. The third-order valence-corrected chi connectivity index (χ3v) is 5.28. The molecule has 4 nitrogen and oxygen atoms in total. The number of likely N-dealkylation sites (tertiary alicyclic amines) is 1. The van der Waals surface area contributed by atoms with Gasteiger partial charge in [-0.05, 0) is 32.1 Å². The van der Waals surface area contributed by atoms with Crippen LogP contribution in [0.25, 0.3) is 0 Å². The maximum Gasteiger partial charge on any atom is 0.232 e. The molecule has 0 aromatic heterocycles. The predicted molar refractivity (Wildman–Crippen MR) is 69.0 cm³/mol. The first-order chi connectivity index (χ1) is 8.63. The predicted octanol–water partition coefficient (Wildman–Crippen LogP) is 1.14. The number of hydrogen-bond donors (Lipinski definition) is 1. The van der Waals surface area contributed by atoms with Crippen LogP contribution < -0.4 is 5.73 Å². The van der Waals surface area contributed by atoms with E-state index in [9.17, 15) is 4.79 Å². The molecule has 3 aliphatic rings. The topological polar surface area (TPSA) is 55.6 Å². The molecule has 4 unspecified atom stereocenters. The van der Waals surface area contributed by atoms with E-state index in [1.165, 1.54) is 32.1 Å². The summed E-state index contributed by atoms with van der Waals surface area (Å²) in [5, 5.41) is 0. The minimum atomic E-state index is -0.494. The first kappa shape index (κ1) is 12.4. The zero-order valence-corrected chi connectivity index (χ0v) is 11.2. The standard InChI is InChI=1S/C14H24N2O2/c1-14(9-18-8-12(14)15)13(17)16-7-6-10-4-2-3-5-11(10)16/h10-12H,2-9,15H2,1H3. The molecule has 2 aliphatic heterocycles. The van der Waals surface area contributed by atoms with Gasteiger partial charge in [0.05, 0.1) is 18.6 Å². The van der Waals surface area contributed by atoms with Gasteiger partial charge >= 0.3 is 0 Å². The van der Waals surface area contributed by atoms with Crippen LogP contribution in [0.1, 0.15) is 39.0 Å². The van der Waals surface area contributed by atoms with Crippen LogP contribution in [0, 0.1) is 11.3 Å². The number of hydrogen-bond acceptors (Lipinski definition) is 3. The van der Waals surface area contributed by atoms with Crippen LogP contribution in [-0.4, -0.2) is 42.6 Å². The number of ether oxygens (including phenoxy) is 1. The van der Waals surface area contributed by atoms with E-state index in [1.807, 2.05) is 6.92 Å². The van der Waals surface area contributed by atoms with E-state index in [-0.39, 0.29) is 11.9 Å². The molecule has 1 amide bonds. The molecule has 102 valence electrons. The largest absolute Gasteiger partial charge is 0.379 e. The van der Waals surface area contributed by atoms with Gasteiger partial charge in [0.2, 0.25) is 5.91 Å². The van der Waals surface area contributed by atoms with Crippen molar-refractivity contribution in [3.8, 4) is 0 Å². The lowest BCUT2D eigenvalue weighted by atomic mass is 9.82. The van der Waals surface area contributed by atoms with Gasteiger partial charge in [-0.25, -0.2) is 0 Å². The van der Waals surface area contributed by atoms with E-state index >= 15 is 0 Å². The fraction of sp³-hybridized carbons (Fsp3) is 0.929. The number of fused-ring (bicyclic) bond motifs is 1. The van der Waals surface area contributed by atoms with Gasteiger partial charge in [-0.15, -0.1) is 0 Å². The summed E-state index contributed by atoms with van der Waals surface area (Å²) in [4.78, 5) is 14.9. The van der Waals surface area contributed by atoms with Crippen LogP contribution >= 0.6 is 0 Å². The van der Waals surface area contributed by atoms with E-state index in [1.54, 1.807) is 0 Å². The second-order valence-corrected chi connectivity index (χ2v) is 6.44. The van der Waals surface area contributed by atoms with Crippen molar-refractivity contribution in [2.45, 2.75) is 51.1 Å². The molecule has 1 saturated carbocycles. The number of carbonyl (C=O) groups is 1. The minimum Gasteiger partial charge on any atom is -0.379 e. The molecule has 2 heterocycles. The van der Waals surface area contributed by atoms with Crippen molar-refractivity contribution in [1.82, 2.24) is 4.90 Å². The van der Waals surface area contributed by atoms with Crippen molar-refractivity contribution in [2.24, 2.45) is 17.1 Å². The molecular weight excluding hydrogens is 228 g/mol. The van der Waals surface area contributed by atoms with Crippen LogP contribution in [-0.2, 0) is 9.53 Å². The third-order valence-electron chi connectivity index (χ3n) is 5.28. The maximum atomic E-state index is 12.8. The van der Waals surface area contributed by atoms with Gasteiger partial charge in [0.15, 0.2) is 0 Å². The highest BCUT2D eigenvalue weighted by Gasteiger charge is 2.50. The van der Waals surface area contributed by atoms with Gasteiger partial charge in [-0.3, -0.25) is 4.79 Å². The van der Waals surface area contributed by atoms with E-state index in [0.717, 1.165) is 12.5 Å². The Kier molecular flexibility index (Phi) is 3.10. The number of rotatable bonds is 1. The lowest BCUT2D eigenvalue weighted by Crippen LogP contribution is -2.53. The zero-order valence-electron chi connectivity index (χ0n) is 11.2. The Hall–Kier alpha value is -0.610.